The Hall–Kier alpha value is -2.32. The van der Waals surface area contributed by atoms with Crippen LogP contribution < -0.4 is 20.1 Å². The van der Waals surface area contributed by atoms with Gasteiger partial charge in [0.05, 0.1) is 31.9 Å². The summed E-state index contributed by atoms with van der Waals surface area (Å²) in [6.45, 7) is 5.14. The summed E-state index contributed by atoms with van der Waals surface area (Å²) in [6, 6.07) is 5.18. The van der Waals surface area contributed by atoms with Crippen LogP contribution in [-0.2, 0) is 14.3 Å². The minimum absolute atomic E-state index is 0.178. The number of unbranched alkanes of at least 4 members (excludes halogenated alkanes) is 3. The first kappa shape index (κ1) is 24.0. The lowest BCUT2D eigenvalue weighted by molar-refractivity contribution is -0.140. The van der Waals surface area contributed by atoms with E-state index in [4.69, 9.17) is 31.2 Å². The van der Waals surface area contributed by atoms with Crippen LogP contribution >= 0.6 is 12.2 Å². The van der Waals surface area contributed by atoms with Crippen molar-refractivity contribution in [2.24, 2.45) is 0 Å². The Morgan fingerprint density at radius 2 is 1.90 bits per heavy atom. The first-order chi connectivity index (χ1) is 14.5. The molecule has 8 heteroatoms. The van der Waals surface area contributed by atoms with Gasteiger partial charge in [0.2, 0.25) is 0 Å². The Balaban J connectivity index is 2.20. The second-order valence-corrected chi connectivity index (χ2v) is 7.43. The summed E-state index contributed by atoms with van der Waals surface area (Å²) in [4.78, 5) is 12.7. The largest absolute Gasteiger partial charge is 0.493 e. The minimum Gasteiger partial charge on any atom is -0.493 e. The summed E-state index contributed by atoms with van der Waals surface area (Å²) in [5, 5.41) is 6.60. The number of allylic oxidation sites excluding steroid dienone is 1. The summed E-state index contributed by atoms with van der Waals surface area (Å²) in [5.41, 5.74) is 1.95. The normalized spacial score (nSPS) is 16.0. The fraction of sp³-hybridized carbons (Fsp3) is 0.545. The average molecular weight is 437 g/mol. The number of methoxy groups -OCH3 is 2. The predicted molar refractivity (Wildman–Crippen MR) is 120 cm³/mol. The van der Waals surface area contributed by atoms with Crippen molar-refractivity contribution in [3.8, 4) is 11.5 Å². The number of benzene rings is 1. The van der Waals surface area contributed by atoms with Gasteiger partial charge in [0.1, 0.15) is 6.61 Å². The molecule has 0 amide bonds. The van der Waals surface area contributed by atoms with Crippen LogP contribution in [0.5, 0.6) is 11.5 Å². The number of esters is 1. The Bertz CT molecular complexity index is 766. The molecule has 0 bridgehead atoms. The van der Waals surface area contributed by atoms with E-state index in [0.29, 0.717) is 41.1 Å². The number of carbonyl (C=O) groups is 1. The summed E-state index contributed by atoms with van der Waals surface area (Å²) >= 11 is 5.30. The zero-order valence-corrected chi connectivity index (χ0v) is 19.0. The number of carbonyl (C=O) groups excluding carboxylic acids is 1. The smallest absolute Gasteiger partial charge is 0.338 e. The third-order valence-electron chi connectivity index (χ3n) is 4.79. The second kappa shape index (κ2) is 12.4. The van der Waals surface area contributed by atoms with E-state index in [-0.39, 0.29) is 6.61 Å². The molecule has 1 aliphatic heterocycles. The molecule has 0 fully saturated rings. The maximum absolute atomic E-state index is 12.7. The molecule has 1 aromatic rings. The van der Waals surface area contributed by atoms with Gasteiger partial charge in [0.25, 0.3) is 0 Å². The number of nitrogens with one attached hydrogen (secondary N) is 2. The van der Waals surface area contributed by atoms with Gasteiger partial charge in [-0.2, -0.15) is 0 Å². The molecular weight excluding hydrogens is 404 g/mol. The molecule has 7 nitrogen and oxygen atoms in total. The molecule has 0 saturated carbocycles. The van der Waals surface area contributed by atoms with Gasteiger partial charge >= 0.3 is 5.97 Å². The highest BCUT2D eigenvalue weighted by Crippen LogP contribution is 2.34. The zero-order valence-electron chi connectivity index (χ0n) is 18.2. The van der Waals surface area contributed by atoms with Crippen LogP contribution in [0.4, 0.5) is 0 Å². The molecule has 1 heterocycles. The van der Waals surface area contributed by atoms with Crippen molar-refractivity contribution in [3.05, 3.63) is 35.0 Å². The van der Waals surface area contributed by atoms with Crippen LogP contribution in [0.3, 0.4) is 0 Å². The third-order valence-corrected chi connectivity index (χ3v) is 5.01. The molecule has 0 radical (unpaired) electrons. The van der Waals surface area contributed by atoms with Gasteiger partial charge in [0, 0.05) is 12.8 Å². The van der Waals surface area contributed by atoms with E-state index in [0.717, 1.165) is 18.4 Å². The maximum atomic E-state index is 12.7. The lowest BCUT2D eigenvalue weighted by Crippen LogP contribution is -2.45. The van der Waals surface area contributed by atoms with Crippen molar-refractivity contribution >= 4 is 23.3 Å². The fourth-order valence-electron chi connectivity index (χ4n) is 3.20. The average Bonchev–Trinajstić information content (AvgIpc) is 2.73. The minimum atomic E-state index is -0.457. The van der Waals surface area contributed by atoms with E-state index in [1.165, 1.54) is 12.8 Å². The molecule has 166 valence electrons. The summed E-state index contributed by atoms with van der Waals surface area (Å²) in [7, 11) is 3.16. The molecule has 1 atom stereocenters. The number of thiocarbonyl (C=S) groups is 1. The summed E-state index contributed by atoms with van der Waals surface area (Å²) in [6.07, 6.45) is 4.54. The Labute approximate surface area is 184 Å². The molecule has 2 rings (SSSR count). The third kappa shape index (κ3) is 6.60. The standard InChI is InChI=1S/C22H32N2O5S/c1-5-6-7-8-11-28-17-10-9-16(14-18(17)27-4)20-19(15(2)23-22(30)24-20)21(25)29-13-12-26-3/h9-10,14,20H,5-8,11-13H2,1-4H3,(H2,23,24,30). The van der Waals surface area contributed by atoms with Gasteiger partial charge in [-0.05, 0) is 43.3 Å². The van der Waals surface area contributed by atoms with Gasteiger partial charge in [-0.1, -0.05) is 32.3 Å². The molecule has 2 N–H and O–H groups in total. The molecule has 0 spiro atoms. The van der Waals surface area contributed by atoms with Crippen LogP contribution in [0.2, 0.25) is 0 Å². The Morgan fingerprint density at radius 1 is 1.10 bits per heavy atom. The molecule has 30 heavy (non-hydrogen) atoms. The summed E-state index contributed by atoms with van der Waals surface area (Å²) < 4.78 is 21.7. The summed E-state index contributed by atoms with van der Waals surface area (Å²) in [5.74, 6) is 0.866. The van der Waals surface area contributed by atoms with Crippen LogP contribution in [0.1, 0.15) is 51.1 Å². The van der Waals surface area contributed by atoms with E-state index in [1.54, 1.807) is 21.1 Å². The molecule has 0 aromatic heterocycles. The topological polar surface area (TPSA) is 78.1 Å². The van der Waals surface area contributed by atoms with Crippen LogP contribution in [0, 0.1) is 0 Å². The monoisotopic (exact) mass is 436 g/mol. The molecule has 0 aliphatic carbocycles. The van der Waals surface area contributed by atoms with Crippen molar-refractivity contribution < 1.29 is 23.7 Å². The Morgan fingerprint density at radius 3 is 2.60 bits per heavy atom. The van der Waals surface area contributed by atoms with Crippen LogP contribution in [-0.4, -0.2) is 45.1 Å². The SMILES string of the molecule is CCCCCCOc1ccc(C2NC(=S)NC(C)=C2C(=O)OCCOC)cc1OC. The van der Waals surface area contributed by atoms with Crippen LogP contribution in [0.15, 0.2) is 29.5 Å². The van der Waals surface area contributed by atoms with Gasteiger partial charge in [-0.25, -0.2) is 4.79 Å². The fourth-order valence-corrected chi connectivity index (χ4v) is 3.47. The van der Waals surface area contributed by atoms with Gasteiger partial charge in [0.15, 0.2) is 16.6 Å². The van der Waals surface area contributed by atoms with E-state index >= 15 is 0 Å². The van der Waals surface area contributed by atoms with Gasteiger partial charge in [-0.15, -0.1) is 0 Å². The molecule has 1 unspecified atom stereocenters. The van der Waals surface area contributed by atoms with E-state index in [2.05, 4.69) is 17.6 Å². The maximum Gasteiger partial charge on any atom is 0.338 e. The highest BCUT2D eigenvalue weighted by atomic mass is 32.1. The van der Waals surface area contributed by atoms with Crippen LogP contribution in [0.25, 0.3) is 0 Å². The first-order valence-corrected chi connectivity index (χ1v) is 10.7. The van der Waals surface area contributed by atoms with E-state index in [9.17, 15) is 4.79 Å². The first-order valence-electron chi connectivity index (χ1n) is 10.3. The van der Waals surface area contributed by atoms with E-state index < -0.39 is 12.0 Å². The number of rotatable bonds is 12. The number of hydrogen-bond acceptors (Lipinski definition) is 6. The highest BCUT2D eigenvalue weighted by Gasteiger charge is 2.31. The lowest BCUT2D eigenvalue weighted by atomic mass is 9.95. The Kier molecular flexibility index (Phi) is 9.89. The molecule has 0 saturated heterocycles. The van der Waals surface area contributed by atoms with E-state index in [1.807, 2.05) is 18.2 Å². The lowest BCUT2D eigenvalue weighted by Gasteiger charge is -2.30. The quantitative estimate of drug-likeness (QED) is 0.292. The second-order valence-electron chi connectivity index (χ2n) is 7.02. The van der Waals surface area contributed by atoms with Crippen molar-refractivity contribution in [3.63, 3.8) is 0 Å². The predicted octanol–water partition coefficient (Wildman–Crippen LogP) is 3.64. The zero-order chi connectivity index (χ0) is 21.9. The van der Waals surface area contributed by atoms with Crippen molar-refractivity contribution in [2.75, 3.05) is 34.0 Å². The van der Waals surface area contributed by atoms with Crippen molar-refractivity contribution in [1.82, 2.24) is 10.6 Å². The van der Waals surface area contributed by atoms with Gasteiger partial charge < -0.3 is 29.6 Å². The number of hydrogen-bond donors (Lipinski definition) is 2. The molecule has 1 aliphatic rings. The highest BCUT2D eigenvalue weighted by molar-refractivity contribution is 7.80. The molecular formula is C22H32N2O5S. The van der Waals surface area contributed by atoms with Crippen molar-refractivity contribution in [2.45, 2.75) is 45.6 Å². The number of ether oxygens (including phenoxy) is 4. The van der Waals surface area contributed by atoms with Crippen molar-refractivity contribution in [1.29, 1.82) is 0 Å². The molecule has 1 aromatic carbocycles. The van der Waals surface area contributed by atoms with Gasteiger partial charge in [-0.3, -0.25) is 0 Å².